The first-order valence-corrected chi connectivity index (χ1v) is 7.19. The third-order valence-corrected chi connectivity index (χ3v) is 4.85. The summed E-state index contributed by atoms with van der Waals surface area (Å²) < 4.78 is 0. The molecule has 1 aliphatic carbocycles. The molecule has 2 heteroatoms. The Kier molecular flexibility index (Phi) is 4.26. The summed E-state index contributed by atoms with van der Waals surface area (Å²) >= 11 is 0. The van der Waals surface area contributed by atoms with Crippen LogP contribution in [0.15, 0.2) is 0 Å². The fraction of sp³-hybridized carbons (Fsp3) is 1.00. The zero-order chi connectivity index (χ0) is 11.5. The largest absolute Gasteiger partial charge is 0.252 e. The molecule has 2 rings (SSSR count). The Hall–Kier alpha value is -0.0800. The second-order valence-corrected chi connectivity index (χ2v) is 5.95. The minimum Gasteiger partial charge on any atom is -0.252 e. The van der Waals surface area contributed by atoms with Gasteiger partial charge in [0.05, 0.1) is 0 Å². The van der Waals surface area contributed by atoms with Crippen LogP contribution in [-0.2, 0) is 0 Å². The minimum absolute atomic E-state index is 0.671. The molecule has 2 nitrogen and oxygen atoms in total. The monoisotopic (exact) mass is 224 g/mol. The fourth-order valence-electron chi connectivity index (χ4n) is 3.88. The van der Waals surface area contributed by atoms with Crippen molar-refractivity contribution in [2.45, 2.75) is 70.9 Å². The van der Waals surface area contributed by atoms with Gasteiger partial charge in [-0.1, -0.05) is 44.9 Å². The molecule has 2 aliphatic rings. The fourth-order valence-corrected chi connectivity index (χ4v) is 3.88. The minimum atomic E-state index is 0.671. The Morgan fingerprint density at radius 3 is 2.00 bits per heavy atom. The first-order chi connectivity index (χ1) is 7.70. The average Bonchev–Trinajstić information content (AvgIpc) is 2.43. The number of hydrogen-bond donors (Lipinski definition) is 1. The van der Waals surface area contributed by atoms with Gasteiger partial charge in [-0.2, -0.15) is 0 Å². The van der Waals surface area contributed by atoms with Crippen LogP contribution >= 0.6 is 0 Å². The lowest BCUT2D eigenvalue weighted by molar-refractivity contribution is 0.191. The second-order valence-electron chi connectivity index (χ2n) is 5.95. The molecule has 3 atom stereocenters. The van der Waals surface area contributed by atoms with Gasteiger partial charge in [0, 0.05) is 19.1 Å². The molecule has 0 amide bonds. The van der Waals surface area contributed by atoms with E-state index in [-0.39, 0.29) is 0 Å². The van der Waals surface area contributed by atoms with E-state index in [2.05, 4.69) is 31.3 Å². The van der Waals surface area contributed by atoms with Crippen molar-refractivity contribution in [2.75, 3.05) is 7.05 Å². The predicted octanol–water partition coefficient (Wildman–Crippen LogP) is 3.19. The molecule has 0 aromatic carbocycles. The van der Waals surface area contributed by atoms with E-state index in [4.69, 9.17) is 0 Å². The molecule has 0 aromatic rings. The number of nitrogens with zero attached hydrogens (tertiary/aromatic N) is 1. The van der Waals surface area contributed by atoms with E-state index < -0.39 is 0 Å². The molecule has 0 radical (unpaired) electrons. The lowest BCUT2D eigenvalue weighted by Gasteiger charge is -2.30. The molecule has 1 saturated carbocycles. The highest BCUT2D eigenvalue weighted by Crippen LogP contribution is 2.35. The number of hydrazine groups is 1. The molecule has 16 heavy (non-hydrogen) atoms. The summed E-state index contributed by atoms with van der Waals surface area (Å²) in [6, 6.07) is 1.38. The third-order valence-electron chi connectivity index (χ3n) is 4.85. The van der Waals surface area contributed by atoms with Gasteiger partial charge in [-0.3, -0.25) is 5.43 Å². The normalized spacial score (nSPS) is 39.6. The number of nitrogens with one attached hydrogen (secondary N) is 1. The summed E-state index contributed by atoms with van der Waals surface area (Å²) in [5.74, 6) is 1.82. The van der Waals surface area contributed by atoms with Crippen molar-refractivity contribution in [3.63, 3.8) is 0 Å². The molecule has 1 aliphatic heterocycles. The lowest BCUT2D eigenvalue weighted by Crippen LogP contribution is -2.33. The molecular weight excluding hydrogens is 196 g/mol. The zero-order valence-corrected chi connectivity index (χ0v) is 11.2. The maximum atomic E-state index is 3.58. The number of rotatable bonds is 1. The van der Waals surface area contributed by atoms with E-state index in [9.17, 15) is 0 Å². The van der Waals surface area contributed by atoms with Gasteiger partial charge in [0.1, 0.15) is 0 Å². The van der Waals surface area contributed by atoms with E-state index in [1.807, 2.05) is 0 Å². The highest BCUT2D eigenvalue weighted by molar-refractivity contribution is 4.91. The van der Waals surface area contributed by atoms with Crippen molar-refractivity contribution in [1.82, 2.24) is 10.4 Å². The maximum Gasteiger partial charge on any atom is 0.0258 e. The Morgan fingerprint density at radius 1 is 0.938 bits per heavy atom. The summed E-state index contributed by atoms with van der Waals surface area (Å²) in [7, 11) is 2.20. The van der Waals surface area contributed by atoms with Gasteiger partial charge in [-0.15, -0.1) is 0 Å². The van der Waals surface area contributed by atoms with E-state index in [0.717, 1.165) is 11.8 Å². The van der Waals surface area contributed by atoms with Gasteiger partial charge in [-0.05, 0) is 25.7 Å². The van der Waals surface area contributed by atoms with Gasteiger partial charge in [0.15, 0.2) is 0 Å². The van der Waals surface area contributed by atoms with Crippen molar-refractivity contribution in [3.05, 3.63) is 0 Å². The first kappa shape index (κ1) is 12.4. The molecule has 0 spiro atoms. The highest BCUT2D eigenvalue weighted by atomic mass is 15.5. The van der Waals surface area contributed by atoms with Gasteiger partial charge in [-0.25, -0.2) is 5.01 Å². The van der Waals surface area contributed by atoms with Gasteiger partial charge >= 0.3 is 0 Å². The van der Waals surface area contributed by atoms with Crippen LogP contribution in [0.3, 0.4) is 0 Å². The third kappa shape index (κ3) is 2.60. The summed E-state index contributed by atoms with van der Waals surface area (Å²) in [4.78, 5) is 0. The predicted molar refractivity (Wildman–Crippen MR) is 69.1 cm³/mol. The Balaban J connectivity index is 1.98. The molecule has 2 fully saturated rings. The molecule has 0 aromatic heterocycles. The van der Waals surface area contributed by atoms with Crippen LogP contribution in [0.5, 0.6) is 0 Å². The van der Waals surface area contributed by atoms with Gasteiger partial charge < -0.3 is 0 Å². The smallest absolute Gasteiger partial charge is 0.0258 e. The van der Waals surface area contributed by atoms with Crippen LogP contribution < -0.4 is 5.43 Å². The van der Waals surface area contributed by atoms with E-state index in [1.165, 1.54) is 44.9 Å². The van der Waals surface area contributed by atoms with E-state index in [1.54, 1.807) is 0 Å². The summed E-state index contributed by atoms with van der Waals surface area (Å²) in [5.41, 5.74) is 3.58. The Morgan fingerprint density at radius 2 is 1.50 bits per heavy atom. The molecule has 94 valence electrons. The molecule has 0 bridgehead atoms. The van der Waals surface area contributed by atoms with Crippen molar-refractivity contribution in [2.24, 2.45) is 11.8 Å². The molecule has 1 saturated heterocycles. The quantitative estimate of drug-likeness (QED) is 0.736. The average molecular weight is 224 g/mol. The maximum absolute atomic E-state index is 3.58. The summed E-state index contributed by atoms with van der Waals surface area (Å²) in [5, 5.41) is 2.33. The van der Waals surface area contributed by atoms with Gasteiger partial charge in [0.2, 0.25) is 0 Å². The van der Waals surface area contributed by atoms with Crippen LogP contribution in [0.1, 0.15) is 58.8 Å². The summed E-state index contributed by atoms with van der Waals surface area (Å²) in [6.45, 7) is 4.75. The summed E-state index contributed by atoms with van der Waals surface area (Å²) in [6.07, 6.45) is 10.3. The Bertz CT molecular complexity index is 209. The van der Waals surface area contributed by atoms with Crippen molar-refractivity contribution < 1.29 is 0 Å². The van der Waals surface area contributed by atoms with E-state index >= 15 is 0 Å². The van der Waals surface area contributed by atoms with Crippen molar-refractivity contribution in [3.8, 4) is 0 Å². The standard InChI is InChI=1S/C14H28N2/c1-11-14(12(2)16(3)15-11)13-9-7-5-4-6-8-10-13/h11-15H,4-10H2,1-3H3. The van der Waals surface area contributed by atoms with Crippen LogP contribution in [0.25, 0.3) is 0 Å². The van der Waals surface area contributed by atoms with Crippen molar-refractivity contribution in [1.29, 1.82) is 0 Å². The highest BCUT2D eigenvalue weighted by Gasteiger charge is 2.38. The molecule has 1 heterocycles. The van der Waals surface area contributed by atoms with E-state index in [0.29, 0.717) is 12.1 Å². The van der Waals surface area contributed by atoms with Crippen LogP contribution in [-0.4, -0.2) is 24.1 Å². The molecule has 3 unspecified atom stereocenters. The van der Waals surface area contributed by atoms with Crippen molar-refractivity contribution >= 4 is 0 Å². The van der Waals surface area contributed by atoms with Gasteiger partial charge in [0.25, 0.3) is 0 Å². The molecular formula is C14H28N2. The topological polar surface area (TPSA) is 15.3 Å². The second kappa shape index (κ2) is 5.50. The first-order valence-electron chi connectivity index (χ1n) is 7.19. The number of hydrogen-bond acceptors (Lipinski definition) is 2. The lowest BCUT2D eigenvalue weighted by atomic mass is 9.76. The molecule has 1 N–H and O–H groups in total. The van der Waals surface area contributed by atoms with Crippen LogP contribution in [0.2, 0.25) is 0 Å². The zero-order valence-electron chi connectivity index (χ0n) is 11.2. The van der Waals surface area contributed by atoms with Crippen LogP contribution in [0, 0.1) is 11.8 Å². The van der Waals surface area contributed by atoms with Crippen LogP contribution in [0.4, 0.5) is 0 Å². The Labute approximate surface area is 101 Å². The SMILES string of the molecule is CC1NN(C)C(C)C1C1CCCCCCC1.